The Morgan fingerprint density at radius 1 is 1.56 bits per heavy atom. The van der Waals surface area contributed by atoms with Gasteiger partial charge in [0.2, 0.25) is 0 Å². The van der Waals surface area contributed by atoms with E-state index in [9.17, 15) is 18.0 Å². The highest BCUT2D eigenvalue weighted by Crippen LogP contribution is 2.30. The minimum atomic E-state index is -4.61. The molecule has 8 heteroatoms. The lowest BCUT2D eigenvalue weighted by Crippen LogP contribution is -2.26. The van der Waals surface area contributed by atoms with Crippen LogP contribution in [0.3, 0.4) is 0 Å². The van der Waals surface area contributed by atoms with Crippen molar-refractivity contribution < 1.29 is 22.7 Å². The molecule has 0 aliphatic heterocycles. The number of carbonyl (C=O) groups is 1. The first kappa shape index (κ1) is 14.6. The van der Waals surface area contributed by atoms with E-state index in [1.54, 1.807) is 0 Å². The van der Waals surface area contributed by atoms with E-state index >= 15 is 0 Å². The number of methoxy groups -OCH3 is 1. The highest BCUT2D eigenvalue weighted by Gasteiger charge is 2.33. The van der Waals surface area contributed by atoms with Crippen molar-refractivity contribution in [3.63, 3.8) is 0 Å². The van der Waals surface area contributed by atoms with Gasteiger partial charge in [0.25, 0.3) is 5.91 Å². The van der Waals surface area contributed by atoms with E-state index in [1.165, 1.54) is 7.11 Å². The van der Waals surface area contributed by atoms with E-state index in [-0.39, 0.29) is 17.9 Å². The summed E-state index contributed by atoms with van der Waals surface area (Å²) in [6.07, 6.45) is -3.73. The summed E-state index contributed by atoms with van der Waals surface area (Å²) < 4.78 is 42.2. The van der Waals surface area contributed by atoms with Crippen molar-refractivity contribution >= 4 is 18.5 Å². The topological polar surface area (TPSA) is 51.2 Å². The molecule has 100 valence electrons. The van der Waals surface area contributed by atoms with Gasteiger partial charge in [-0.3, -0.25) is 4.79 Å². The van der Waals surface area contributed by atoms with Gasteiger partial charge in [-0.1, -0.05) is 0 Å². The molecule has 0 saturated heterocycles. The first-order chi connectivity index (χ1) is 8.40. The van der Waals surface area contributed by atoms with E-state index in [1.807, 2.05) is 0 Å². The Morgan fingerprint density at radius 2 is 2.22 bits per heavy atom. The molecule has 1 N–H and O–H groups in total. The Hall–Kier alpha value is -1.44. The van der Waals surface area contributed by atoms with Crippen LogP contribution in [0, 0.1) is 0 Å². The molecule has 1 heterocycles. The Morgan fingerprint density at radius 3 is 2.72 bits per heavy atom. The summed E-state index contributed by atoms with van der Waals surface area (Å²) in [6, 6.07) is 0.659. The Balaban J connectivity index is 3.10. The van der Waals surface area contributed by atoms with Crippen LogP contribution in [-0.2, 0) is 6.18 Å². The van der Waals surface area contributed by atoms with E-state index < -0.39 is 17.8 Å². The molecule has 0 aromatic carbocycles. The van der Waals surface area contributed by atoms with E-state index in [0.717, 1.165) is 6.20 Å². The molecule has 0 saturated carbocycles. The average Bonchev–Trinajstić information content (AvgIpc) is 2.34. The summed E-state index contributed by atoms with van der Waals surface area (Å²) in [5.41, 5.74) is -1.35. The molecule has 0 radical (unpaired) electrons. The molecular weight excluding hydrogens is 269 g/mol. The zero-order valence-electron chi connectivity index (χ0n) is 9.41. The molecule has 1 aromatic rings. The van der Waals surface area contributed by atoms with Crippen LogP contribution in [0.2, 0.25) is 0 Å². The highest BCUT2D eigenvalue weighted by atomic mass is 32.1. The van der Waals surface area contributed by atoms with E-state index in [2.05, 4.69) is 22.9 Å². The summed E-state index contributed by atoms with van der Waals surface area (Å²) in [6.45, 7) is 0.245. The molecule has 4 nitrogen and oxygen atoms in total. The zero-order chi connectivity index (χ0) is 13.8. The van der Waals surface area contributed by atoms with Gasteiger partial charge in [-0.15, -0.1) is 0 Å². The molecule has 1 amide bonds. The number of nitrogens with one attached hydrogen (secondary N) is 1. The van der Waals surface area contributed by atoms with Crippen molar-refractivity contribution in [2.45, 2.75) is 6.18 Å². The second-order valence-corrected chi connectivity index (χ2v) is 3.69. The van der Waals surface area contributed by atoms with Gasteiger partial charge < -0.3 is 10.1 Å². The summed E-state index contributed by atoms with van der Waals surface area (Å²) >= 11 is 3.88. The maximum atomic E-state index is 12.5. The van der Waals surface area contributed by atoms with Gasteiger partial charge in [0.05, 0.1) is 18.9 Å². The number of ether oxygens (including phenoxy) is 1. The maximum absolute atomic E-state index is 12.5. The number of aromatic nitrogens is 1. The summed E-state index contributed by atoms with van der Waals surface area (Å²) in [7, 11) is 1.25. The van der Waals surface area contributed by atoms with Crippen LogP contribution in [0.5, 0.6) is 5.75 Å². The smallest absolute Gasteiger partial charge is 0.433 e. The zero-order valence-corrected chi connectivity index (χ0v) is 10.3. The van der Waals surface area contributed by atoms with Crippen LogP contribution in [-0.4, -0.2) is 30.3 Å². The number of hydrogen-bond acceptors (Lipinski definition) is 4. The molecule has 1 rings (SSSR count). The van der Waals surface area contributed by atoms with Gasteiger partial charge in [-0.2, -0.15) is 25.8 Å². The van der Waals surface area contributed by atoms with Crippen molar-refractivity contribution in [1.29, 1.82) is 0 Å². The minimum absolute atomic E-state index is 0.0142. The van der Waals surface area contributed by atoms with Crippen molar-refractivity contribution in [3.05, 3.63) is 23.5 Å². The molecule has 1 aromatic heterocycles. The summed E-state index contributed by atoms with van der Waals surface area (Å²) in [4.78, 5) is 14.8. The molecule has 0 atom stereocenters. The van der Waals surface area contributed by atoms with Crippen LogP contribution in [0.4, 0.5) is 13.2 Å². The van der Waals surface area contributed by atoms with Gasteiger partial charge in [0, 0.05) is 12.3 Å². The third-order valence-electron chi connectivity index (χ3n) is 2.02. The predicted octanol–water partition coefficient (Wildman–Crippen LogP) is 1.77. The van der Waals surface area contributed by atoms with E-state index in [0.29, 0.717) is 11.8 Å². The fourth-order valence-corrected chi connectivity index (χ4v) is 1.31. The maximum Gasteiger partial charge on any atom is 0.433 e. The van der Waals surface area contributed by atoms with Crippen molar-refractivity contribution in [1.82, 2.24) is 10.3 Å². The molecule has 0 fully saturated rings. The predicted molar refractivity (Wildman–Crippen MR) is 62.0 cm³/mol. The lowest BCUT2D eigenvalue weighted by molar-refractivity contribution is -0.141. The highest BCUT2D eigenvalue weighted by molar-refractivity contribution is 7.80. The van der Waals surface area contributed by atoms with Gasteiger partial charge in [0.1, 0.15) is 11.4 Å². The SMILES string of the molecule is COc1cnc(C(F)(F)F)cc1C(=O)NCCS. The molecule has 0 aliphatic rings. The molecule has 0 unspecified atom stereocenters. The number of halogens is 3. The first-order valence-corrected chi connectivity index (χ1v) is 5.53. The van der Waals surface area contributed by atoms with E-state index in [4.69, 9.17) is 4.74 Å². The number of rotatable bonds is 4. The first-order valence-electron chi connectivity index (χ1n) is 4.90. The third-order valence-corrected chi connectivity index (χ3v) is 2.24. The Labute approximate surface area is 107 Å². The molecule has 0 aliphatic carbocycles. The fraction of sp³-hybridized carbons (Fsp3) is 0.400. The van der Waals surface area contributed by atoms with Crippen LogP contribution in [0.1, 0.15) is 16.1 Å². The second kappa shape index (κ2) is 5.94. The number of hydrogen-bond donors (Lipinski definition) is 2. The number of pyridine rings is 1. The average molecular weight is 280 g/mol. The fourth-order valence-electron chi connectivity index (χ4n) is 1.20. The van der Waals surface area contributed by atoms with Crippen molar-refractivity contribution in [3.8, 4) is 5.75 Å². The van der Waals surface area contributed by atoms with Crippen LogP contribution in [0.15, 0.2) is 12.3 Å². The van der Waals surface area contributed by atoms with Crippen molar-refractivity contribution in [2.75, 3.05) is 19.4 Å². The molecular formula is C10H11F3N2O2S. The number of carbonyl (C=O) groups excluding carboxylic acids is 1. The lowest BCUT2D eigenvalue weighted by atomic mass is 10.2. The standard InChI is InChI=1S/C10H11F3N2O2S/c1-17-7-5-15-8(10(11,12)13)4-6(7)9(16)14-2-3-18/h4-5,18H,2-3H2,1H3,(H,14,16). The van der Waals surface area contributed by atoms with Gasteiger partial charge in [0.15, 0.2) is 0 Å². The molecule has 0 bridgehead atoms. The third kappa shape index (κ3) is 3.52. The number of alkyl halides is 3. The van der Waals surface area contributed by atoms with Gasteiger partial charge in [-0.05, 0) is 6.07 Å². The molecule has 18 heavy (non-hydrogen) atoms. The largest absolute Gasteiger partial charge is 0.494 e. The Kier molecular flexibility index (Phi) is 4.83. The van der Waals surface area contributed by atoms with Gasteiger partial charge >= 0.3 is 6.18 Å². The number of thiol groups is 1. The lowest BCUT2D eigenvalue weighted by Gasteiger charge is -2.11. The normalized spacial score (nSPS) is 11.2. The quantitative estimate of drug-likeness (QED) is 0.826. The Bertz CT molecular complexity index is 438. The van der Waals surface area contributed by atoms with Crippen molar-refractivity contribution in [2.24, 2.45) is 0 Å². The van der Waals surface area contributed by atoms with Gasteiger partial charge in [-0.25, -0.2) is 4.98 Å². The number of nitrogens with zero attached hydrogens (tertiary/aromatic N) is 1. The monoisotopic (exact) mass is 280 g/mol. The second-order valence-electron chi connectivity index (χ2n) is 3.25. The summed E-state index contributed by atoms with van der Waals surface area (Å²) in [5.74, 6) is -0.292. The summed E-state index contributed by atoms with van der Waals surface area (Å²) in [5, 5.41) is 2.41. The minimum Gasteiger partial charge on any atom is -0.494 e. The van der Waals surface area contributed by atoms with Crippen LogP contribution >= 0.6 is 12.6 Å². The van der Waals surface area contributed by atoms with Crippen LogP contribution < -0.4 is 10.1 Å². The number of amides is 1. The molecule has 0 spiro atoms. The van der Waals surface area contributed by atoms with Crippen LogP contribution in [0.25, 0.3) is 0 Å².